The molecular formula is C14H16FN3OS. The summed E-state index contributed by atoms with van der Waals surface area (Å²) < 4.78 is 13.8. The van der Waals surface area contributed by atoms with E-state index in [0.717, 1.165) is 0 Å². The molecule has 4 nitrogen and oxygen atoms in total. The smallest absolute Gasteiger partial charge is 0.187 e. The summed E-state index contributed by atoms with van der Waals surface area (Å²) in [4.78, 5) is 0. The van der Waals surface area contributed by atoms with E-state index in [1.807, 2.05) is 6.92 Å². The minimum absolute atomic E-state index is 0.0210. The number of phenols is 1. The van der Waals surface area contributed by atoms with Gasteiger partial charge in [0.1, 0.15) is 11.6 Å². The van der Waals surface area contributed by atoms with E-state index in [1.54, 1.807) is 6.08 Å². The first kappa shape index (κ1) is 14.5. The van der Waals surface area contributed by atoms with Gasteiger partial charge < -0.3 is 10.4 Å². The van der Waals surface area contributed by atoms with E-state index in [-0.39, 0.29) is 17.5 Å². The molecule has 106 valence electrons. The number of nitrogens with zero attached hydrogens (tertiary/aromatic N) is 1. The summed E-state index contributed by atoms with van der Waals surface area (Å²) >= 11 is 5.03. The maximum Gasteiger partial charge on any atom is 0.187 e. The summed E-state index contributed by atoms with van der Waals surface area (Å²) in [7, 11) is 0. The average molecular weight is 293 g/mol. The Morgan fingerprint density at radius 2 is 2.40 bits per heavy atom. The summed E-state index contributed by atoms with van der Waals surface area (Å²) in [5.74, 6) is -0.300. The molecule has 0 amide bonds. The molecule has 2 rings (SSSR count). The van der Waals surface area contributed by atoms with Gasteiger partial charge in [0.2, 0.25) is 0 Å². The Morgan fingerprint density at radius 3 is 3.10 bits per heavy atom. The molecule has 0 spiro atoms. The van der Waals surface area contributed by atoms with Gasteiger partial charge in [0.15, 0.2) is 5.11 Å². The number of halogens is 1. The molecule has 1 aromatic carbocycles. The Kier molecular flexibility index (Phi) is 4.34. The van der Waals surface area contributed by atoms with Crippen molar-refractivity contribution in [3.63, 3.8) is 0 Å². The number of fused-ring (bicyclic) bond motifs is 1. The van der Waals surface area contributed by atoms with Crippen molar-refractivity contribution < 1.29 is 9.50 Å². The van der Waals surface area contributed by atoms with Gasteiger partial charge >= 0.3 is 0 Å². The Morgan fingerprint density at radius 1 is 1.65 bits per heavy atom. The van der Waals surface area contributed by atoms with Crippen LogP contribution in [-0.2, 0) is 0 Å². The fourth-order valence-electron chi connectivity index (χ4n) is 2.29. The maximum atomic E-state index is 13.8. The van der Waals surface area contributed by atoms with Crippen molar-refractivity contribution in [1.29, 1.82) is 0 Å². The summed E-state index contributed by atoms with van der Waals surface area (Å²) in [6.45, 7) is 6.00. The first-order chi connectivity index (χ1) is 9.54. The standard InChI is InChI=1S/C14H16FN3OS/c1-3-6-16-14(20)18-17-10-7-8(2)12-9(15)4-5-11(19)13(10)12/h3-5,8,19H,1,6-7H2,2H3,(H2,16,18,20)/b17-10+/t8-/m0/s1. The Labute approximate surface area is 122 Å². The predicted molar refractivity (Wildman–Crippen MR) is 81.6 cm³/mol. The lowest BCUT2D eigenvalue weighted by atomic mass is 10.0. The van der Waals surface area contributed by atoms with Gasteiger partial charge in [-0.25, -0.2) is 4.39 Å². The molecule has 20 heavy (non-hydrogen) atoms. The fraction of sp³-hybridized carbons (Fsp3) is 0.286. The highest BCUT2D eigenvalue weighted by Gasteiger charge is 2.30. The number of hydrogen-bond acceptors (Lipinski definition) is 3. The first-order valence-electron chi connectivity index (χ1n) is 6.27. The van der Waals surface area contributed by atoms with Crippen LogP contribution in [0.25, 0.3) is 0 Å². The quantitative estimate of drug-likeness (QED) is 0.455. The molecule has 1 aromatic rings. The summed E-state index contributed by atoms with van der Waals surface area (Å²) in [5.41, 5.74) is 4.28. The number of nitrogens with one attached hydrogen (secondary N) is 2. The molecule has 0 saturated carbocycles. The summed E-state index contributed by atoms with van der Waals surface area (Å²) in [5, 5.41) is 17.3. The van der Waals surface area contributed by atoms with E-state index in [0.29, 0.717) is 34.9 Å². The molecule has 0 aromatic heterocycles. The van der Waals surface area contributed by atoms with Crippen molar-refractivity contribution in [3.05, 3.63) is 41.7 Å². The summed E-state index contributed by atoms with van der Waals surface area (Å²) in [6.07, 6.45) is 2.23. The Balaban J connectivity index is 2.23. The molecule has 6 heteroatoms. The highest BCUT2D eigenvalue weighted by atomic mass is 32.1. The van der Waals surface area contributed by atoms with Gasteiger partial charge in [-0.3, -0.25) is 5.43 Å². The second-order valence-electron chi connectivity index (χ2n) is 4.63. The van der Waals surface area contributed by atoms with Crippen molar-refractivity contribution in [2.45, 2.75) is 19.3 Å². The van der Waals surface area contributed by atoms with Gasteiger partial charge in [-0.2, -0.15) is 5.10 Å². The van der Waals surface area contributed by atoms with Crippen LogP contribution in [0.15, 0.2) is 29.9 Å². The van der Waals surface area contributed by atoms with Crippen molar-refractivity contribution in [3.8, 4) is 5.75 Å². The van der Waals surface area contributed by atoms with Crippen LogP contribution in [0, 0.1) is 5.82 Å². The highest BCUT2D eigenvalue weighted by molar-refractivity contribution is 7.80. The van der Waals surface area contributed by atoms with Crippen molar-refractivity contribution in [2.24, 2.45) is 5.10 Å². The van der Waals surface area contributed by atoms with Gasteiger partial charge in [0, 0.05) is 17.7 Å². The topological polar surface area (TPSA) is 56.7 Å². The first-order valence-corrected chi connectivity index (χ1v) is 6.68. The van der Waals surface area contributed by atoms with Crippen LogP contribution in [0.4, 0.5) is 4.39 Å². The lowest BCUT2D eigenvalue weighted by Crippen LogP contribution is -2.32. The normalized spacial score (nSPS) is 18.7. The SMILES string of the molecule is C=CCNC(=S)N/N=C1\C[C@H](C)c2c(F)ccc(O)c21. The van der Waals surface area contributed by atoms with Crippen molar-refractivity contribution in [1.82, 2.24) is 10.7 Å². The van der Waals surface area contributed by atoms with Crippen molar-refractivity contribution in [2.75, 3.05) is 6.54 Å². The number of phenolic OH excluding ortho intramolecular Hbond substituents is 1. The van der Waals surface area contributed by atoms with Crippen LogP contribution in [0.3, 0.4) is 0 Å². The molecule has 1 aliphatic rings. The van der Waals surface area contributed by atoms with Crippen LogP contribution < -0.4 is 10.7 Å². The molecule has 0 radical (unpaired) electrons. The zero-order valence-corrected chi connectivity index (χ0v) is 11.9. The second kappa shape index (κ2) is 6.00. The van der Waals surface area contributed by atoms with E-state index >= 15 is 0 Å². The summed E-state index contributed by atoms with van der Waals surface area (Å²) in [6, 6.07) is 2.62. The zero-order valence-electron chi connectivity index (χ0n) is 11.1. The molecule has 0 saturated heterocycles. The van der Waals surface area contributed by atoms with E-state index in [9.17, 15) is 9.50 Å². The third kappa shape index (κ3) is 2.80. The van der Waals surface area contributed by atoms with E-state index in [4.69, 9.17) is 12.2 Å². The minimum Gasteiger partial charge on any atom is -0.507 e. The van der Waals surface area contributed by atoms with Gasteiger partial charge in [-0.1, -0.05) is 13.0 Å². The third-order valence-electron chi connectivity index (χ3n) is 3.15. The maximum absolute atomic E-state index is 13.8. The zero-order chi connectivity index (χ0) is 14.7. The largest absolute Gasteiger partial charge is 0.507 e. The van der Waals surface area contributed by atoms with Crippen LogP contribution in [0.1, 0.15) is 30.4 Å². The highest BCUT2D eigenvalue weighted by Crippen LogP contribution is 2.39. The molecule has 0 heterocycles. The molecule has 3 N–H and O–H groups in total. The molecule has 0 aliphatic heterocycles. The number of rotatable bonds is 3. The Bertz CT molecular complexity index is 586. The molecule has 0 unspecified atom stereocenters. The van der Waals surface area contributed by atoms with Gasteiger partial charge in [0.25, 0.3) is 0 Å². The Hall–Kier alpha value is -1.95. The second-order valence-corrected chi connectivity index (χ2v) is 5.04. The number of hydrogen-bond donors (Lipinski definition) is 3. The van der Waals surface area contributed by atoms with E-state index < -0.39 is 0 Å². The lowest BCUT2D eigenvalue weighted by Gasteiger charge is -2.07. The number of hydrazone groups is 1. The molecule has 1 aliphatic carbocycles. The van der Waals surface area contributed by atoms with Crippen LogP contribution in [0.2, 0.25) is 0 Å². The molecule has 0 bridgehead atoms. The van der Waals surface area contributed by atoms with E-state index in [2.05, 4.69) is 22.4 Å². The van der Waals surface area contributed by atoms with Crippen LogP contribution in [0.5, 0.6) is 5.75 Å². The van der Waals surface area contributed by atoms with Crippen LogP contribution in [-0.4, -0.2) is 22.5 Å². The average Bonchev–Trinajstić information content (AvgIpc) is 2.76. The molecule has 1 atom stereocenters. The third-order valence-corrected chi connectivity index (χ3v) is 3.39. The molecular weight excluding hydrogens is 277 g/mol. The lowest BCUT2D eigenvalue weighted by molar-refractivity contribution is 0.470. The number of aromatic hydroxyl groups is 1. The predicted octanol–water partition coefficient (Wildman–Crippen LogP) is 2.39. The van der Waals surface area contributed by atoms with Gasteiger partial charge in [-0.15, -0.1) is 6.58 Å². The minimum atomic E-state index is -0.317. The van der Waals surface area contributed by atoms with Gasteiger partial charge in [0.05, 0.1) is 5.71 Å². The van der Waals surface area contributed by atoms with Crippen LogP contribution >= 0.6 is 12.2 Å². The molecule has 0 fully saturated rings. The van der Waals surface area contributed by atoms with Gasteiger partial charge in [-0.05, 0) is 36.7 Å². The monoisotopic (exact) mass is 293 g/mol. The fourth-order valence-corrected chi connectivity index (χ4v) is 2.41. The number of benzene rings is 1. The van der Waals surface area contributed by atoms with E-state index in [1.165, 1.54) is 12.1 Å². The van der Waals surface area contributed by atoms with Crippen molar-refractivity contribution >= 4 is 23.0 Å². The number of thiocarbonyl (C=S) groups is 1.